The Kier molecular flexibility index (Phi) is 9.93. The minimum Gasteiger partial charge on any atom is -0.493 e. The fourth-order valence-corrected chi connectivity index (χ4v) is 3.46. The van der Waals surface area contributed by atoms with Gasteiger partial charge in [0.05, 0.1) is 17.9 Å². The first-order valence-electron chi connectivity index (χ1n) is 10.3. The minimum atomic E-state index is -0.661. The largest absolute Gasteiger partial charge is 0.493 e. The molecule has 2 amide bonds. The molecule has 1 heterocycles. The lowest BCUT2D eigenvalue weighted by Gasteiger charge is -2.37. The molecule has 1 aromatic carbocycles. The zero-order valence-electron chi connectivity index (χ0n) is 18.1. The maximum atomic E-state index is 13.2. The van der Waals surface area contributed by atoms with Crippen LogP contribution < -0.4 is 15.8 Å². The van der Waals surface area contributed by atoms with Crippen LogP contribution in [0.2, 0.25) is 0 Å². The number of ether oxygens (including phenoxy) is 1. The van der Waals surface area contributed by atoms with Gasteiger partial charge in [0, 0.05) is 26.2 Å². The fourth-order valence-electron chi connectivity index (χ4n) is 3.46. The predicted octanol–water partition coefficient (Wildman–Crippen LogP) is 2.73. The Morgan fingerprint density at radius 2 is 1.93 bits per heavy atom. The maximum absolute atomic E-state index is 13.2. The number of piperidine rings is 1. The van der Waals surface area contributed by atoms with E-state index in [1.165, 1.54) is 0 Å². The minimum absolute atomic E-state index is 0. The molecule has 1 saturated heterocycles. The number of carbonyl (C=O) groups is 2. The molecule has 6 nitrogen and oxygen atoms in total. The number of halogens is 1. The van der Waals surface area contributed by atoms with Crippen molar-refractivity contribution in [3.8, 4) is 5.75 Å². The molecule has 0 saturated carbocycles. The van der Waals surface area contributed by atoms with Gasteiger partial charge in [0.15, 0.2) is 0 Å². The van der Waals surface area contributed by atoms with E-state index in [-0.39, 0.29) is 30.1 Å². The molecule has 2 rings (SSSR count). The summed E-state index contributed by atoms with van der Waals surface area (Å²) in [7, 11) is 0. The summed E-state index contributed by atoms with van der Waals surface area (Å²) in [6.45, 7) is 10.8. The van der Waals surface area contributed by atoms with Gasteiger partial charge in [0.25, 0.3) is 0 Å². The number of nitrogens with one attached hydrogen (secondary N) is 1. The Morgan fingerprint density at radius 3 is 2.52 bits per heavy atom. The van der Waals surface area contributed by atoms with Gasteiger partial charge in [-0.1, -0.05) is 26.0 Å². The molecular formula is C22H36ClN3O3. The number of hydrogen-bond donors (Lipinski definition) is 2. The highest BCUT2D eigenvalue weighted by Crippen LogP contribution is 2.30. The van der Waals surface area contributed by atoms with E-state index >= 15 is 0 Å². The molecule has 7 heteroatoms. The van der Waals surface area contributed by atoms with E-state index in [1.54, 1.807) is 0 Å². The third-order valence-corrected chi connectivity index (χ3v) is 5.22. The molecule has 3 N–H and O–H groups in total. The van der Waals surface area contributed by atoms with Crippen molar-refractivity contribution >= 4 is 24.2 Å². The van der Waals surface area contributed by atoms with Crippen LogP contribution in [0.15, 0.2) is 24.3 Å². The monoisotopic (exact) mass is 425 g/mol. The topological polar surface area (TPSA) is 84.7 Å². The molecule has 1 aliphatic rings. The molecule has 164 valence electrons. The van der Waals surface area contributed by atoms with Crippen molar-refractivity contribution in [3.05, 3.63) is 29.8 Å². The molecule has 0 radical (unpaired) electrons. The quantitative estimate of drug-likeness (QED) is 0.670. The molecule has 1 fully saturated rings. The van der Waals surface area contributed by atoms with Crippen molar-refractivity contribution in [2.75, 3.05) is 32.8 Å². The van der Waals surface area contributed by atoms with Crippen molar-refractivity contribution in [3.63, 3.8) is 0 Å². The number of benzene rings is 1. The van der Waals surface area contributed by atoms with Gasteiger partial charge < -0.3 is 20.7 Å². The third kappa shape index (κ3) is 6.89. The molecular weight excluding hydrogens is 390 g/mol. The Balaban J connectivity index is 0.00000420. The number of carbonyl (C=O) groups excluding carboxylic acids is 2. The fraction of sp³-hybridized carbons (Fsp3) is 0.636. The lowest BCUT2D eigenvalue weighted by atomic mass is 9.82. The van der Waals surface area contributed by atoms with Gasteiger partial charge in [0.1, 0.15) is 5.75 Å². The van der Waals surface area contributed by atoms with Crippen molar-refractivity contribution in [2.45, 2.75) is 46.0 Å². The second-order valence-corrected chi connectivity index (χ2v) is 8.52. The molecule has 0 aromatic heterocycles. The summed E-state index contributed by atoms with van der Waals surface area (Å²) in [5.74, 6) is 1.17. The van der Waals surface area contributed by atoms with Crippen LogP contribution in [0.3, 0.4) is 0 Å². The first kappa shape index (κ1) is 25.2. The lowest BCUT2D eigenvalue weighted by molar-refractivity contribution is -0.140. The normalized spacial score (nSPS) is 16.9. The van der Waals surface area contributed by atoms with Crippen molar-refractivity contribution in [1.82, 2.24) is 10.2 Å². The molecule has 0 spiro atoms. The number of nitrogens with zero attached hydrogens (tertiary/aromatic N) is 1. The van der Waals surface area contributed by atoms with Crippen LogP contribution in [0, 0.1) is 11.8 Å². The zero-order chi connectivity index (χ0) is 20.7. The lowest BCUT2D eigenvalue weighted by Crippen LogP contribution is -2.50. The maximum Gasteiger partial charge on any atom is 0.232 e. The molecule has 29 heavy (non-hydrogen) atoms. The van der Waals surface area contributed by atoms with Gasteiger partial charge in [-0.2, -0.15) is 0 Å². The van der Waals surface area contributed by atoms with Crippen LogP contribution in [0.1, 0.15) is 46.1 Å². The van der Waals surface area contributed by atoms with Gasteiger partial charge >= 0.3 is 0 Å². The third-order valence-electron chi connectivity index (χ3n) is 5.22. The Hall–Kier alpha value is -1.79. The first-order chi connectivity index (χ1) is 13.3. The smallest absolute Gasteiger partial charge is 0.232 e. The summed E-state index contributed by atoms with van der Waals surface area (Å²) in [6.07, 6.45) is 1.65. The summed E-state index contributed by atoms with van der Waals surface area (Å²) < 4.78 is 5.74. The summed E-state index contributed by atoms with van der Waals surface area (Å²) in [5.41, 5.74) is 5.75. The highest BCUT2D eigenvalue weighted by Gasteiger charge is 2.37. The van der Waals surface area contributed by atoms with E-state index in [0.717, 1.165) is 24.2 Å². The highest BCUT2D eigenvalue weighted by molar-refractivity contribution is 5.88. The van der Waals surface area contributed by atoms with Gasteiger partial charge in [-0.05, 0) is 50.3 Å². The highest BCUT2D eigenvalue weighted by atomic mass is 35.5. The number of likely N-dealkylation sites (tertiary alicyclic amines) is 1. The van der Waals surface area contributed by atoms with Crippen molar-refractivity contribution in [1.29, 1.82) is 0 Å². The number of amides is 2. The van der Waals surface area contributed by atoms with Crippen LogP contribution in [0.4, 0.5) is 0 Å². The number of nitrogens with two attached hydrogens (primary N) is 1. The van der Waals surface area contributed by atoms with E-state index in [9.17, 15) is 9.59 Å². The predicted molar refractivity (Wildman–Crippen MR) is 118 cm³/mol. The molecule has 0 aliphatic carbocycles. The SMILES string of the molecule is CC(C)COc1ccc(C(C)(C)C(=O)N2CCCC(C(=O)NCCN)C2)cc1.Cl. The molecule has 1 aliphatic heterocycles. The number of hydrogen-bond acceptors (Lipinski definition) is 4. The second-order valence-electron chi connectivity index (χ2n) is 8.52. The van der Waals surface area contributed by atoms with Crippen LogP contribution in [-0.2, 0) is 15.0 Å². The molecule has 0 bridgehead atoms. The Bertz CT molecular complexity index is 662. The van der Waals surface area contributed by atoms with Crippen LogP contribution >= 0.6 is 12.4 Å². The Morgan fingerprint density at radius 1 is 1.28 bits per heavy atom. The molecule has 1 aromatic rings. The van der Waals surface area contributed by atoms with Crippen LogP contribution in [-0.4, -0.2) is 49.5 Å². The van der Waals surface area contributed by atoms with E-state index in [4.69, 9.17) is 10.5 Å². The van der Waals surface area contributed by atoms with Gasteiger partial charge in [0.2, 0.25) is 11.8 Å². The summed E-state index contributed by atoms with van der Waals surface area (Å²) in [4.78, 5) is 27.4. The van der Waals surface area contributed by atoms with Crippen molar-refractivity contribution < 1.29 is 14.3 Å². The summed E-state index contributed by atoms with van der Waals surface area (Å²) in [6, 6.07) is 7.77. The summed E-state index contributed by atoms with van der Waals surface area (Å²) in [5, 5.41) is 2.84. The average Bonchev–Trinajstić information content (AvgIpc) is 2.70. The van der Waals surface area contributed by atoms with Gasteiger partial charge in [-0.15, -0.1) is 12.4 Å². The van der Waals surface area contributed by atoms with Crippen LogP contribution in [0.25, 0.3) is 0 Å². The average molecular weight is 426 g/mol. The van der Waals surface area contributed by atoms with Gasteiger partial charge in [-0.25, -0.2) is 0 Å². The Labute approximate surface area is 181 Å². The summed E-state index contributed by atoms with van der Waals surface area (Å²) >= 11 is 0. The van der Waals surface area contributed by atoms with E-state index in [1.807, 2.05) is 43.0 Å². The standard InChI is InChI=1S/C22H35N3O3.ClH/c1-16(2)15-28-19-9-7-18(8-10-19)22(3,4)21(27)25-13-5-6-17(14-25)20(26)24-12-11-23;/h7-10,16-17H,5-6,11-15,23H2,1-4H3,(H,24,26);1H. The zero-order valence-corrected chi connectivity index (χ0v) is 18.9. The van der Waals surface area contributed by atoms with E-state index in [2.05, 4.69) is 19.2 Å². The van der Waals surface area contributed by atoms with Gasteiger partial charge in [-0.3, -0.25) is 9.59 Å². The molecule has 1 unspecified atom stereocenters. The van der Waals surface area contributed by atoms with Crippen LogP contribution in [0.5, 0.6) is 5.75 Å². The molecule has 1 atom stereocenters. The number of rotatable bonds is 8. The first-order valence-corrected chi connectivity index (χ1v) is 10.3. The van der Waals surface area contributed by atoms with E-state index < -0.39 is 5.41 Å². The van der Waals surface area contributed by atoms with E-state index in [0.29, 0.717) is 38.7 Å². The second kappa shape index (κ2) is 11.4. The van der Waals surface area contributed by atoms with Crippen molar-refractivity contribution in [2.24, 2.45) is 17.6 Å².